The Balaban J connectivity index is 1.50. The third kappa shape index (κ3) is 4.70. The van der Waals surface area contributed by atoms with Crippen LogP contribution in [0, 0.1) is 5.82 Å². The second-order valence-electron chi connectivity index (χ2n) is 7.58. The first kappa shape index (κ1) is 21.3. The molecule has 0 bridgehead atoms. The summed E-state index contributed by atoms with van der Waals surface area (Å²) in [5.41, 5.74) is 1.49. The van der Waals surface area contributed by atoms with Crippen LogP contribution in [0.25, 0.3) is 6.08 Å². The number of likely N-dealkylation sites (N-methyl/N-ethyl adjacent to an activating group) is 1. The zero-order valence-corrected chi connectivity index (χ0v) is 17.9. The van der Waals surface area contributed by atoms with Gasteiger partial charge in [0, 0.05) is 37.3 Å². The fourth-order valence-electron chi connectivity index (χ4n) is 3.54. The number of halogens is 1. The van der Waals surface area contributed by atoms with E-state index in [1.54, 1.807) is 48.5 Å². The van der Waals surface area contributed by atoms with E-state index in [0.29, 0.717) is 24.2 Å². The maximum Gasteiger partial charge on any atom is 0.293 e. The van der Waals surface area contributed by atoms with Crippen LogP contribution in [-0.4, -0.2) is 65.0 Å². The summed E-state index contributed by atoms with van der Waals surface area (Å²) in [6.07, 6.45) is 1.60. The van der Waals surface area contributed by atoms with Crippen LogP contribution in [-0.2, 0) is 11.3 Å². The standard InChI is InChI=1S/C23H22FN3O3S/c1-25-9-11-26(12-10-25)21(28)17-7-4-5-16(13-17)14-20-22(29)27(23(30)31-20)15-18-6-2-3-8-19(18)24/h2-8,13-14H,9-12,15H2,1H3/b20-14-. The summed E-state index contributed by atoms with van der Waals surface area (Å²) in [7, 11) is 2.03. The number of carbonyl (C=O) groups excluding carboxylic acids is 3. The lowest BCUT2D eigenvalue weighted by atomic mass is 10.1. The number of amides is 3. The van der Waals surface area contributed by atoms with Crippen LogP contribution < -0.4 is 0 Å². The molecule has 2 fully saturated rings. The molecule has 0 aliphatic carbocycles. The van der Waals surface area contributed by atoms with Crippen molar-refractivity contribution in [3.63, 3.8) is 0 Å². The maximum absolute atomic E-state index is 13.9. The molecule has 31 heavy (non-hydrogen) atoms. The van der Waals surface area contributed by atoms with Gasteiger partial charge in [0.25, 0.3) is 17.1 Å². The lowest BCUT2D eigenvalue weighted by Gasteiger charge is -2.32. The Morgan fingerprint density at radius 2 is 1.81 bits per heavy atom. The monoisotopic (exact) mass is 439 g/mol. The van der Waals surface area contributed by atoms with Crippen molar-refractivity contribution in [2.45, 2.75) is 6.54 Å². The van der Waals surface area contributed by atoms with Crippen LogP contribution in [0.1, 0.15) is 21.5 Å². The zero-order valence-electron chi connectivity index (χ0n) is 17.1. The molecule has 0 radical (unpaired) electrons. The molecule has 2 aromatic rings. The van der Waals surface area contributed by atoms with Gasteiger partial charge >= 0.3 is 0 Å². The molecule has 2 aromatic carbocycles. The number of benzene rings is 2. The predicted octanol–water partition coefficient (Wildman–Crippen LogP) is 3.45. The van der Waals surface area contributed by atoms with Gasteiger partial charge in [-0.05, 0) is 48.6 Å². The van der Waals surface area contributed by atoms with Gasteiger partial charge < -0.3 is 9.80 Å². The van der Waals surface area contributed by atoms with E-state index in [1.807, 2.05) is 11.9 Å². The van der Waals surface area contributed by atoms with Crippen molar-refractivity contribution in [1.29, 1.82) is 0 Å². The van der Waals surface area contributed by atoms with Gasteiger partial charge in [-0.2, -0.15) is 0 Å². The van der Waals surface area contributed by atoms with Crippen molar-refractivity contribution in [3.8, 4) is 0 Å². The second-order valence-corrected chi connectivity index (χ2v) is 8.57. The minimum atomic E-state index is -0.464. The van der Waals surface area contributed by atoms with Crippen molar-refractivity contribution < 1.29 is 18.8 Å². The number of nitrogens with zero attached hydrogens (tertiary/aromatic N) is 3. The van der Waals surface area contributed by atoms with Crippen LogP contribution in [0.15, 0.2) is 53.4 Å². The summed E-state index contributed by atoms with van der Waals surface area (Å²) in [5.74, 6) is -0.967. The lowest BCUT2D eigenvalue weighted by Crippen LogP contribution is -2.47. The van der Waals surface area contributed by atoms with Crippen LogP contribution in [0.3, 0.4) is 0 Å². The molecular weight excluding hydrogens is 417 g/mol. The van der Waals surface area contributed by atoms with Crippen LogP contribution >= 0.6 is 11.8 Å². The number of hydrogen-bond donors (Lipinski definition) is 0. The maximum atomic E-state index is 13.9. The molecule has 2 aliphatic rings. The molecule has 2 aliphatic heterocycles. The van der Waals surface area contributed by atoms with Crippen molar-refractivity contribution in [3.05, 3.63) is 75.9 Å². The first-order chi connectivity index (χ1) is 14.9. The second kappa shape index (κ2) is 9.03. The van der Waals surface area contributed by atoms with Gasteiger partial charge in [0.2, 0.25) is 0 Å². The first-order valence-corrected chi connectivity index (χ1v) is 10.8. The average molecular weight is 440 g/mol. The van der Waals surface area contributed by atoms with Gasteiger partial charge in [0.05, 0.1) is 11.4 Å². The lowest BCUT2D eigenvalue weighted by molar-refractivity contribution is -0.123. The van der Waals surface area contributed by atoms with E-state index in [4.69, 9.17) is 0 Å². The van der Waals surface area contributed by atoms with Gasteiger partial charge in [-0.25, -0.2) is 4.39 Å². The fourth-order valence-corrected chi connectivity index (χ4v) is 4.38. The smallest absolute Gasteiger partial charge is 0.293 e. The molecule has 2 heterocycles. The van der Waals surface area contributed by atoms with E-state index in [9.17, 15) is 18.8 Å². The third-order valence-corrected chi connectivity index (χ3v) is 6.29. The molecule has 0 N–H and O–H groups in total. The molecule has 0 atom stereocenters. The summed E-state index contributed by atoms with van der Waals surface area (Å²) < 4.78 is 13.9. The third-order valence-electron chi connectivity index (χ3n) is 5.38. The topological polar surface area (TPSA) is 60.9 Å². The molecule has 0 saturated carbocycles. The van der Waals surface area contributed by atoms with Gasteiger partial charge in [-0.3, -0.25) is 19.3 Å². The van der Waals surface area contributed by atoms with E-state index >= 15 is 0 Å². The number of imide groups is 1. The zero-order chi connectivity index (χ0) is 22.0. The minimum Gasteiger partial charge on any atom is -0.336 e. The van der Waals surface area contributed by atoms with Crippen LogP contribution in [0.5, 0.6) is 0 Å². The van der Waals surface area contributed by atoms with E-state index in [0.717, 1.165) is 29.8 Å². The Morgan fingerprint density at radius 3 is 2.55 bits per heavy atom. The normalized spacial score (nSPS) is 18.8. The summed E-state index contributed by atoms with van der Waals surface area (Å²) >= 11 is 0.820. The summed E-state index contributed by atoms with van der Waals surface area (Å²) in [4.78, 5) is 43.2. The van der Waals surface area contributed by atoms with Crippen molar-refractivity contribution in [2.75, 3.05) is 33.2 Å². The quantitative estimate of drug-likeness (QED) is 0.683. The molecule has 6 nitrogen and oxygen atoms in total. The van der Waals surface area contributed by atoms with E-state index in [1.165, 1.54) is 6.07 Å². The Labute approximate surface area is 184 Å². The van der Waals surface area contributed by atoms with E-state index < -0.39 is 17.0 Å². The van der Waals surface area contributed by atoms with Crippen LogP contribution in [0.2, 0.25) is 0 Å². The Morgan fingerprint density at radius 1 is 1.06 bits per heavy atom. The Kier molecular flexibility index (Phi) is 6.20. The van der Waals surface area contributed by atoms with Gasteiger partial charge in [-0.15, -0.1) is 0 Å². The highest BCUT2D eigenvalue weighted by atomic mass is 32.2. The molecule has 160 valence electrons. The molecular formula is C23H22FN3O3S. The summed E-state index contributed by atoms with van der Waals surface area (Å²) in [5, 5.41) is -0.441. The predicted molar refractivity (Wildman–Crippen MR) is 118 cm³/mol. The SMILES string of the molecule is CN1CCN(C(=O)c2cccc(/C=C3\SC(=O)N(Cc4ccccc4F)C3=O)c2)CC1. The largest absolute Gasteiger partial charge is 0.336 e. The minimum absolute atomic E-state index is 0.0454. The number of hydrogen-bond acceptors (Lipinski definition) is 5. The van der Waals surface area contributed by atoms with Gasteiger partial charge in [0.15, 0.2) is 0 Å². The van der Waals surface area contributed by atoms with Gasteiger partial charge in [-0.1, -0.05) is 30.3 Å². The van der Waals surface area contributed by atoms with Crippen LogP contribution in [0.4, 0.5) is 9.18 Å². The van der Waals surface area contributed by atoms with E-state index in [2.05, 4.69) is 4.90 Å². The molecule has 0 aromatic heterocycles. The number of thioether (sulfide) groups is 1. The molecule has 4 rings (SSSR count). The number of rotatable bonds is 4. The summed E-state index contributed by atoms with van der Waals surface area (Å²) in [6, 6.07) is 13.1. The number of carbonyl (C=O) groups is 3. The number of piperazine rings is 1. The molecule has 3 amide bonds. The first-order valence-electron chi connectivity index (χ1n) is 9.99. The van der Waals surface area contributed by atoms with Crippen molar-refractivity contribution in [1.82, 2.24) is 14.7 Å². The molecule has 0 unspecified atom stereocenters. The molecule has 8 heteroatoms. The highest BCUT2D eigenvalue weighted by molar-refractivity contribution is 8.18. The van der Waals surface area contributed by atoms with Gasteiger partial charge in [0.1, 0.15) is 5.82 Å². The molecule has 0 spiro atoms. The van der Waals surface area contributed by atoms with Crippen molar-refractivity contribution >= 4 is 34.9 Å². The Hall–Kier alpha value is -2.97. The average Bonchev–Trinajstić information content (AvgIpc) is 3.03. The highest BCUT2D eigenvalue weighted by Gasteiger charge is 2.35. The summed E-state index contributed by atoms with van der Waals surface area (Å²) in [6.45, 7) is 2.90. The Bertz CT molecular complexity index is 1060. The highest BCUT2D eigenvalue weighted by Crippen LogP contribution is 2.33. The molecule has 2 saturated heterocycles. The van der Waals surface area contributed by atoms with E-state index in [-0.39, 0.29) is 22.9 Å². The fraction of sp³-hybridized carbons (Fsp3) is 0.261. The van der Waals surface area contributed by atoms with Crippen molar-refractivity contribution in [2.24, 2.45) is 0 Å².